The number of hydrogen-bond acceptors (Lipinski definition) is 4. The second-order valence-corrected chi connectivity index (χ2v) is 6.55. The Morgan fingerprint density at radius 1 is 1.53 bits per heavy atom. The minimum Gasteiger partial charge on any atom is -0.492 e. The van der Waals surface area contributed by atoms with Crippen LogP contribution in [0.25, 0.3) is 0 Å². The predicted molar refractivity (Wildman–Crippen MR) is 74.7 cm³/mol. The standard InChI is InChI=1S/C13H18N2O3S/c1-3-6-15(2)19(16,17)12-9-11(14)8-10-5-4-7-18-13(10)12/h3,8-9H,1,4-7,14H2,2H3. The van der Waals surface area contributed by atoms with Gasteiger partial charge in [0.25, 0.3) is 0 Å². The molecular weight excluding hydrogens is 264 g/mol. The molecule has 0 bridgehead atoms. The lowest BCUT2D eigenvalue weighted by atomic mass is 10.1. The average molecular weight is 282 g/mol. The van der Waals surface area contributed by atoms with E-state index >= 15 is 0 Å². The molecule has 1 aliphatic rings. The van der Waals surface area contributed by atoms with E-state index in [1.54, 1.807) is 6.07 Å². The molecule has 0 unspecified atom stereocenters. The minimum atomic E-state index is -3.61. The van der Waals surface area contributed by atoms with Gasteiger partial charge < -0.3 is 10.5 Å². The summed E-state index contributed by atoms with van der Waals surface area (Å²) in [5, 5.41) is 0. The van der Waals surface area contributed by atoms with Crippen LogP contribution in [0.1, 0.15) is 12.0 Å². The van der Waals surface area contributed by atoms with Crippen LogP contribution < -0.4 is 10.5 Å². The summed E-state index contributed by atoms with van der Waals surface area (Å²) in [5.41, 5.74) is 7.09. The maximum absolute atomic E-state index is 12.5. The van der Waals surface area contributed by atoms with Gasteiger partial charge in [-0.15, -0.1) is 6.58 Å². The van der Waals surface area contributed by atoms with Crippen LogP contribution in [0.2, 0.25) is 0 Å². The molecule has 104 valence electrons. The number of anilines is 1. The summed E-state index contributed by atoms with van der Waals surface area (Å²) in [7, 11) is -2.10. The zero-order valence-corrected chi connectivity index (χ0v) is 11.7. The predicted octanol–water partition coefficient (Wildman–Crippen LogP) is 1.40. The van der Waals surface area contributed by atoms with Crippen LogP contribution in [0.15, 0.2) is 29.7 Å². The third kappa shape index (κ3) is 2.59. The lowest BCUT2D eigenvalue weighted by Gasteiger charge is -2.23. The van der Waals surface area contributed by atoms with Gasteiger partial charge in [-0.3, -0.25) is 0 Å². The molecule has 2 rings (SSSR count). The van der Waals surface area contributed by atoms with Crippen molar-refractivity contribution in [2.24, 2.45) is 0 Å². The van der Waals surface area contributed by atoms with Gasteiger partial charge in [0.2, 0.25) is 10.0 Å². The average Bonchev–Trinajstić information content (AvgIpc) is 2.37. The summed E-state index contributed by atoms with van der Waals surface area (Å²) in [6.45, 7) is 4.33. The van der Waals surface area contributed by atoms with Crippen molar-refractivity contribution < 1.29 is 13.2 Å². The van der Waals surface area contributed by atoms with Gasteiger partial charge in [-0.25, -0.2) is 8.42 Å². The van der Waals surface area contributed by atoms with E-state index in [-0.39, 0.29) is 11.4 Å². The third-order valence-electron chi connectivity index (χ3n) is 3.07. The number of nitrogen functional groups attached to an aromatic ring is 1. The fraction of sp³-hybridized carbons (Fsp3) is 0.385. The number of sulfonamides is 1. The summed E-state index contributed by atoms with van der Waals surface area (Å²) in [4.78, 5) is 0.145. The molecule has 0 saturated carbocycles. The first kappa shape index (κ1) is 13.9. The van der Waals surface area contributed by atoms with Crippen LogP contribution in [0.5, 0.6) is 5.75 Å². The monoisotopic (exact) mass is 282 g/mol. The molecule has 0 radical (unpaired) electrons. The molecule has 1 heterocycles. The molecule has 0 fully saturated rings. The highest BCUT2D eigenvalue weighted by Gasteiger charge is 2.28. The van der Waals surface area contributed by atoms with Gasteiger partial charge in [-0.2, -0.15) is 4.31 Å². The van der Waals surface area contributed by atoms with E-state index in [2.05, 4.69) is 6.58 Å². The SMILES string of the molecule is C=CCN(C)S(=O)(=O)c1cc(N)cc2c1OCCC2. The van der Waals surface area contributed by atoms with E-state index in [0.717, 1.165) is 18.4 Å². The maximum Gasteiger partial charge on any atom is 0.246 e. The lowest BCUT2D eigenvalue weighted by Crippen LogP contribution is -2.28. The van der Waals surface area contributed by atoms with Crippen molar-refractivity contribution in [2.75, 3.05) is 25.9 Å². The van der Waals surface area contributed by atoms with Crippen molar-refractivity contribution in [3.63, 3.8) is 0 Å². The Labute approximate surface area is 113 Å². The molecule has 2 N–H and O–H groups in total. The van der Waals surface area contributed by atoms with E-state index < -0.39 is 10.0 Å². The molecule has 0 aliphatic carbocycles. The molecule has 0 aromatic heterocycles. The summed E-state index contributed by atoms with van der Waals surface area (Å²) >= 11 is 0. The first-order chi connectivity index (χ1) is 8.96. The highest BCUT2D eigenvalue weighted by molar-refractivity contribution is 7.89. The second kappa shape index (κ2) is 5.22. The van der Waals surface area contributed by atoms with Crippen molar-refractivity contribution in [3.05, 3.63) is 30.4 Å². The first-order valence-electron chi connectivity index (χ1n) is 6.09. The van der Waals surface area contributed by atoms with Crippen molar-refractivity contribution in [1.82, 2.24) is 4.31 Å². The molecule has 5 nitrogen and oxygen atoms in total. The molecule has 0 atom stereocenters. The normalized spacial score (nSPS) is 14.8. The zero-order chi connectivity index (χ0) is 14.0. The molecule has 0 saturated heterocycles. The van der Waals surface area contributed by atoms with E-state index in [4.69, 9.17) is 10.5 Å². The first-order valence-corrected chi connectivity index (χ1v) is 7.53. The summed E-state index contributed by atoms with van der Waals surface area (Å²) in [6, 6.07) is 3.24. The Kier molecular flexibility index (Phi) is 3.82. The Morgan fingerprint density at radius 3 is 2.95 bits per heavy atom. The molecule has 1 aromatic carbocycles. The molecule has 0 amide bonds. The van der Waals surface area contributed by atoms with Gasteiger partial charge in [0.05, 0.1) is 6.61 Å². The number of ether oxygens (including phenoxy) is 1. The maximum atomic E-state index is 12.5. The van der Waals surface area contributed by atoms with Crippen molar-refractivity contribution in [2.45, 2.75) is 17.7 Å². The summed E-state index contributed by atoms with van der Waals surface area (Å²) in [5.74, 6) is 0.441. The van der Waals surface area contributed by atoms with Crippen molar-refractivity contribution >= 4 is 15.7 Å². The number of nitrogens with zero attached hydrogens (tertiary/aromatic N) is 1. The summed E-state index contributed by atoms with van der Waals surface area (Å²) in [6.07, 6.45) is 3.20. The quantitative estimate of drug-likeness (QED) is 0.669. The topological polar surface area (TPSA) is 72.6 Å². The number of hydrogen-bond donors (Lipinski definition) is 1. The van der Waals surface area contributed by atoms with Gasteiger partial charge >= 0.3 is 0 Å². The van der Waals surface area contributed by atoms with Crippen LogP contribution in [0.3, 0.4) is 0 Å². The largest absolute Gasteiger partial charge is 0.492 e. The summed E-state index contributed by atoms with van der Waals surface area (Å²) < 4.78 is 31.7. The van der Waals surface area contributed by atoms with Crippen LogP contribution in [-0.2, 0) is 16.4 Å². The Hall–Kier alpha value is -1.53. The van der Waals surface area contributed by atoms with Crippen molar-refractivity contribution in [1.29, 1.82) is 0 Å². The van der Waals surface area contributed by atoms with Gasteiger partial charge in [-0.1, -0.05) is 6.08 Å². The second-order valence-electron chi connectivity index (χ2n) is 4.53. The molecule has 1 aliphatic heterocycles. The Bertz CT molecular complexity index is 596. The highest BCUT2D eigenvalue weighted by Crippen LogP contribution is 2.35. The number of benzene rings is 1. The van der Waals surface area contributed by atoms with Crippen LogP contribution >= 0.6 is 0 Å². The Balaban J connectivity index is 2.55. The smallest absolute Gasteiger partial charge is 0.246 e. The molecule has 19 heavy (non-hydrogen) atoms. The number of rotatable bonds is 4. The third-order valence-corrected chi connectivity index (χ3v) is 4.89. The van der Waals surface area contributed by atoms with E-state index in [1.807, 2.05) is 0 Å². The fourth-order valence-corrected chi connectivity index (χ4v) is 3.46. The number of aryl methyl sites for hydroxylation is 1. The number of nitrogens with two attached hydrogens (primary N) is 1. The zero-order valence-electron chi connectivity index (χ0n) is 10.9. The van der Waals surface area contributed by atoms with Gasteiger partial charge in [-0.05, 0) is 30.5 Å². The fourth-order valence-electron chi connectivity index (χ4n) is 2.11. The van der Waals surface area contributed by atoms with Crippen LogP contribution in [-0.4, -0.2) is 32.9 Å². The van der Waals surface area contributed by atoms with Gasteiger partial charge in [0.15, 0.2) is 0 Å². The molecular formula is C13H18N2O3S. The van der Waals surface area contributed by atoms with E-state index in [1.165, 1.54) is 23.5 Å². The number of likely N-dealkylation sites (N-methyl/N-ethyl adjacent to an activating group) is 1. The molecule has 6 heteroatoms. The van der Waals surface area contributed by atoms with E-state index in [0.29, 0.717) is 18.0 Å². The lowest BCUT2D eigenvalue weighted by molar-refractivity contribution is 0.279. The van der Waals surface area contributed by atoms with Gasteiger partial charge in [0.1, 0.15) is 10.6 Å². The minimum absolute atomic E-state index is 0.145. The highest BCUT2D eigenvalue weighted by atomic mass is 32.2. The van der Waals surface area contributed by atoms with Crippen molar-refractivity contribution in [3.8, 4) is 5.75 Å². The molecule has 0 spiro atoms. The van der Waals surface area contributed by atoms with Gasteiger partial charge in [0, 0.05) is 19.3 Å². The van der Waals surface area contributed by atoms with Crippen LogP contribution in [0, 0.1) is 0 Å². The van der Waals surface area contributed by atoms with E-state index in [9.17, 15) is 8.42 Å². The molecule has 1 aromatic rings. The Morgan fingerprint density at radius 2 is 2.26 bits per heavy atom. The number of fused-ring (bicyclic) bond motifs is 1. The van der Waals surface area contributed by atoms with Crippen LogP contribution in [0.4, 0.5) is 5.69 Å².